The van der Waals surface area contributed by atoms with Crippen molar-refractivity contribution in [3.8, 4) is 11.4 Å². The molecular weight excluding hydrogens is 219 g/mol. The monoisotopic (exact) mass is 232 g/mol. The average Bonchev–Trinajstić information content (AvgIpc) is 2.72. The number of hydrogen-bond donors (Lipinski definition) is 2. The van der Waals surface area contributed by atoms with Crippen molar-refractivity contribution in [1.29, 1.82) is 0 Å². The number of hydrogen-bond acceptors (Lipinski definition) is 3. The number of H-pyrrole nitrogens is 1. The molecule has 1 aliphatic rings. The van der Waals surface area contributed by atoms with Crippen LogP contribution in [-0.2, 0) is 6.42 Å². The molecule has 0 radical (unpaired) electrons. The summed E-state index contributed by atoms with van der Waals surface area (Å²) in [6.07, 6.45) is 0.898. The molecule has 1 fully saturated rings. The summed E-state index contributed by atoms with van der Waals surface area (Å²) in [5.74, 6) is 1.81. The standard InChI is InChI=1S/C12H13FN4/c13-10-3-1-2-9(5-10)12-15-11(16-17-12)4-8-6-14-7-8/h1-3,5,8,14H,4,6-7H2,(H,15,16,17). The van der Waals surface area contributed by atoms with Gasteiger partial charge in [-0.3, -0.25) is 5.10 Å². The van der Waals surface area contributed by atoms with E-state index in [1.807, 2.05) is 0 Å². The van der Waals surface area contributed by atoms with Gasteiger partial charge in [-0.25, -0.2) is 9.37 Å². The second-order valence-corrected chi connectivity index (χ2v) is 4.34. The lowest BCUT2D eigenvalue weighted by Crippen LogP contribution is -2.43. The maximum atomic E-state index is 13.1. The molecule has 4 nitrogen and oxygen atoms in total. The fourth-order valence-corrected chi connectivity index (χ4v) is 1.91. The molecule has 1 aromatic carbocycles. The van der Waals surface area contributed by atoms with Crippen molar-refractivity contribution in [2.75, 3.05) is 13.1 Å². The molecule has 2 aromatic rings. The lowest BCUT2D eigenvalue weighted by atomic mass is 9.99. The van der Waals surface area contributed by atoms with E-state index in [2.05, 4.69) is 20.5 Å². The molecule has 1 aromatic heterocycles. The minimum absolute atomic E-state index is 0.267. The van der Waals surface area contributed by atoms with Crippen LogP contribution in [0, 0.1) is 11.7 Å². The van der Waals surface area contributed by atoms with E-state index in [-0.39, 0.29) is 5.82 Å². The first-order valence-corrected chi connectivity index (χ1v) is 5.69. The highest BCUT2D eigenvalue weighted by molar-refractivity contribution is 5.54. The van der Waals surface area contributed by atoms with Crippen molar-refractivity contribution >= 4 is 0 Å². The third-order valence-electron chi connectivity index (χ3n) is 2.96. The Kier molecular flexibility index (Phi) is 2.60. The Bertz CT molecular complexity index is 519. The second-order valence-electron chi connectivity index (χ2n) is 4.34. The highest BCUT2D eigenvalue weighted by Gasteiger charge is 2.19. The van der Waals surface area contributed by atoms with E-state index < -0.39 is 0 Å². The zero-order chi connectivity index (χ0) is 11.7. The Morgan fingerprint density at radius 1 is 1.35 bits per heavy atom. The van der Waals surface area contributed by atoms with Crippen LogP contribution in [0.25, 0.3) is 11.4 Å². The van der Waals surface area contributed by atoms with E-state index in [4.69, 9.17) is 0 Å². The fraction of sp³-hybridized carbons (Fsp3) is 0.333. The minimum atomic E-state index is -0.267. The number of nitrogens with zero attached hydrogens (tertiary/aromatic N) is 2. The second kappa shape index (κ2) is 4.25. The van der Waals surface area contributed by atoms with Crippen LogP contribution in [0.15, 0.2) is 24.3 Å². The number of aromatic nitrogens is 3. The summed E-state index contributed by atoms with van der Waals surface area (Å²) in [5.41, 5.74) is 0.708. The maximum absolute atomic E-state index is 13.1. The van der Waals surface area contributed by atoms with Gasteiger partial charge >= 0.3 is 0 Å². The topological polar surface area (TPSA) is 53.6 Å². The highest BCUT2D eigenvalue weighted by Crippen LogP contribution is 2.17. The number of aromatic amines is 1. The lowest BCUT2D eigenvalue weighted by molar-refractivity contribution is 0.341. The summed E-state index contributed by atoms with van der Waals surface area (Å²) in [7, 11) is 0. The smallest absolute Gasteiger partial charge is 0.181 e. The van der Waals surface area contributed by atoms with E-state index in [0.717, 1.165) is 25.3 Å². The zero-order valence-electron chi connectivity index (χ0n) is 9.28. The van der Waals surface area contributed by atoms with Crippen molar-refractivity contribution in [2.45, 2.75) is 6.42 Å². The predicted octanol–water partition coefficient (Wildman–Crippen LogP) is 1.37. The quantitative estimate of drug-likeness (QED) is 0.840. The first-order valence-electron chi connectivity index (χ1n) is 5.69. The molecule has 1 saturated heterocycles. The van der Waals surface area contributed by atoms with Crippen LogP contribution in [0.5, 0.6) is 0 Å². The molecule has 3 rings (SSSR count). The third-order valence-corrected chi connectivity index (χ3v) is 2.96. The average molecular weight is 232 g/mol. The van der Waals surface area contributed by atoms with Crippen LogP contribution in [0.2, 0.25) is 0 Å². The van der Waals surface area contributed by atoms with Crippen LogP contribution in [0.3, 0.4) is 0 Å². The van der Waals surface area contributed by atoms with Gasteiger partial charge in [0, 0.05) is 12.0 Å². The number of nitrogens with one attached hydrogen (secondary N) is 2. The lowest BCUT2D eigenvalue weighted by Gasteiger charge is -2.25. The molecule has 0 amide bonds. The Balaban J connectivity index is 1.79. The molecule has 5 heteroatoms. The fourth-order valence-electron chi connectivity index (χ4n) is 1.91. The van der Waals surface area contributed by atoms with Gasteiger partial charge in [-0.15, -0.1) is 0 Å². The third kappa shape index (κ3) is 2.19. The number of halogens is 1. The molecule has 17 heavy (non-hydrogen) atoms. The highest BCUT2D eigenvalue weighted by atomic mass is 19.1. The largest absolute Gasteiger partial charge is 0.316 e. The molecule has 0 bridgehead atoms. The molecule has 0 atom stereocenters. The molecule has 88 valence electrons. The first-order chi connectivity index (χ1) is 8.31. The summed E-state index contributed by atoms with van der Waals surface area (Å²) >= 11 is 0. The van der Waals surface area contributed by atoms with Crippen LogP contribution >= 0.6 is 0 Å². The summed E-state index contributed by atoms with van der Waals surface area (Å²) in [4.78, 5) is 4.38. The molecule has 0 saturated carbocycles. The van der Waals surface area contributed by atoms with Crippen molar-refractivity contribution in [3.63, 3.8) is 0 Å². The van der Waals surface area contributed by atoms with Gasteiger partial charge in [-0.2, -0.15) is 5.10 Å². The van der Waals surface area contributed by atoms with Gasteiger partial charge < -0.3 is 5.32 Å². The molecular formula is C12H13FN4. The summed E-state index contributed by atoms with van der Waals surface area (Å²) in [5, 5.41) is 10.2. The Hall–Kier alpha value is -1.75. The van der Waals surface area contributed by atoms with Gasteiger partial charge in [-0.1, -0.05) is 12.1 Å². The van der Waals surface area contributed by atoms with Gasteiger partial charge in [0.15, 0.2) is 5.82 Å². The first kappa shape index (κ1) is 10.4. The van der Waals surface area contributed by atoms with Gasteiger partial charge in [0.05, 0.1) is 0 Å². The SMILES string of the molecule is Fc1cccc(-c2n[nH]c(CC3CNC3)n2)c1. The van der Waals surface area contributed by atoms with Crippen molar-refractivity contribution < 1.29 is 4.39 Å². The van der Waals surface area contributed by atoms with Gasteiger partial charge in [0.2, 0.25) is 0 Å². The van der Waals surface area contributed by atoms with E-state index >= 15 is 0 Å². The molecule has 2 N–H and O–H groups in total. The molecule has 0 spiro atoms. The normalized spacial score (nSPS) is 15.8. The van der Waals surface area contributed by atoms with E-state index in [9.17, 15) is 4.39 Å². The van der Waals surface area contributed by atoms with Gasteiger partial charge in [0.1, 0.15) is 11.6 Å². The summed E-state index contributed by atoms with van der Waals surface area (Å²) in [6, 6.07) is 6.33. The number of rotatable bonds is 3. The Morgan fingerprint density at radius 3 is 2.94 bits per heavy atom. The van der Waals surface area contributed by atoms with Crippen molar-refractivity contribution in [1.82, 2.24) is 20.5 Å². The Labute approximate surface area is 98.3 Å². The molecule has 0 unspecified atom stereocenters. The zero-order valence-corrected chi connectivity index (χ0v) is 9.28. The van der Waals surface area contributed by atoms with E-state index in [0.29, 0.717) is 17.3 Å². The van der Waals surface area contributed by atoms with Crippen LogP contribution < -0.4 is 5.32 Å². The Morgan fingerprint density at radius 2 is 2.24 bits per heavy atom. The maximum Gasteiger partial charge on any atom is 0.181 e. The van der Waals surface area contributed by atoms with Crippen molar-refractivity contribution in [3.05, 3.63) is 35.9 Å². The molecule has 2 heterocycles. The summed E-state index contributed by atoms with van der Waals surface area (Å²) < 4.78 is 13.1. The number of benzene rings is 1. The molecule has 0 aliphatic carbocycles. The summed E-state index contributed by atoms with van der Waals surface area (Å²) in [6.45, 7) is 2.08. The minimum Gasteiger partial charge on any atom is -0.316 e. The van der Waals surface area contributed by atoms with Crippen molar-refractivity contribution in [2.24, 2.45) is 5.92 Å². The van der Waals surface area contributed by atoms with Gasteiger partial charge in [0.25, 0.3) is 0 Å². The van der Waals surface area contributed by atoms with E-state index in [1.54, 1.807) is 12.1 Å². The van der Waals surface area contributed by atoms with Crippen LogP contribution in [0.1, 0.15) is 5.82 Å². The van der Waals surface area contributed by atoms with Crippen LogP contribution in [-0.4, -0.2) is 28.3 Å². The predicted molar refractivity (Wildman–Crippen MR) is 61.8 cm³/mol. The van der Waals surface area contributed by atoms with E-state index in [1.165, 1.54) is 12.1 Å². The van der Waals surface area contributed by atoms with Gasteiger partial charge in [-0.05, 0) is 31.1 Å². The molecule has 1 aliphatic heterocycles. The van der Waals surface area contributed by atoms with Crippen LogP contribution in [0.4, 0.5) is 4.39 Å².